The Labute approximate surface area is 88.6 Å². The van der Waals surface area contributed by atoms with E-state index in [9.17, 15) is 0 Å². The van der Waals surface area contributed by atoms with Crippen LogP contribution < -0.4 is 0 Å². The van der Waals surface area contributed by atoms with Crippen LogP contribution in [0.1, 0.15) is 40.5 Å². The first-order valence-corrected chi connectivity index (χ1v) is 5.90. The molecule has 1 unspecified atom stereocenters. The van der Waals surface area contributed by atoms with Crippen molar-refractivity contribution in [1.29, 1.82) is 0 Å². The molecule has 1 aliphatic heterocycles. The molecule has 1 heterocycles. The summed E-state index contributed by atoms with van der Waals surface area (Å²) < 4.78 is 0. The lowest BCUT2D eigenvalue weighted by Crippen LogP contribution is -2.42. The SMILES string of the molecule is CCCCN1C=CN(CC)C1C(C)C. The second-order valence-electron chi connectivity index (χ2n) is 4.38. The summed E-state index contributed by atoms with van der Waals surface area (Å²) in [4.78, 5) is 4.91. The zero-order valence-electron chi connectivity index (χ0n) is 10.0. The Morgan fingerprint density at radius 3 is 2.29 bits per heavy atom. The fraction of sp³-hybridized carbons (Fsp3) is 0.833. The molecule has 0 N–H and O–H groups in total. The Bertz CT molecular complexity index is 187. The second kappa shape index (κ2) is 5.28. The molecule has 0 aliphatic carbocycles. The van der Waals surface area contributed by atoms with Gasteiger partial charge in [-0.05, 0) is 19.3 Å². The van der Waals surface area contributed by atoms with Crippen LogP contribution in [0, 0.1) is 5.92 Å². The molecule has 0 amide bonds. The van der Waals surface area contributed by atoms with Crippen molar-refractivity contribution in [2.75, 3.05) is 13.1 Å². The van der Waals surface area contributed by atoms with Crippen molar-refractivity contribution in [3.05, 3.63) is 12.4 Å². The molecule has 0 saturated heterocycles. The topological polar surface area (TPSA) is 6.48 Å². The molecule has 1 aliphatic rings. The monoisotopic (exact) mass is 196 g/mol. The molecule has 14 heavy (non-hydrogen) atoms. The largest absolute Gasteiger partial charge is 0.356 e. The van der Waals surface area contributed by atoms with Crippen molar-refractivity contribution in [1.82, 2.24) is 9.80 Å². The minimum Gasteiger partial charge on any atom is -0.356 e. The summed E-state index contributed by atoms with van der Waals surface area (Å²) in [5.41, 5.74) is 0. The quantitative estimate of drug-likeness (QED) is 0.667. The van der Waals surface area contributed by atoms with E-state index in [2.05, 4.69) is 49.9 Å². The molecule has 1 atom stereocenters. The normalized spacial score (nSPS) is 21.4. The third-order valence-electron chi connectivity index (χ3n) is 2.86. The van der Waals surface area contributed by atoms with Crippen LogP contribution in [0.4, 0.5) is 0 Å². The van der Waals surface area contributed by atoms with Crippen LogP contribution in [-0.2, 0) is 0 Å². The van der Waals surface area contributed by atoms with Gasteiger partial charge in [-0.15, -0.1) is 0 Å². The summed E-state index contributed by atoms with van der Waals surface area (Å²) >= 11 is 0. The van der Waals surface area contributed by atoms with Gasteiger partial charge in [0.2, 0.25) is 0 Å². The highest BCUT2D eigenvalue weighted by Gasteiger charge is 2.27. The van der Waals surface area contributed by atoms with E-state index in [0.29, 0.717) is 12.1 Å². The molecule has 82 valence electrons. The molecule has 0 fully saturated rings. The van der Waals surface area contributed by atoms with Gasteiger partial charge in [-0.25, -0.2) is 0 Å². The Kier molecular flexibility index (Phi) is 4.30. The van der Waals surface area contributed by atoms with Crippen molar-refractivity contribution >= 4 is 0 Å². The Morgan fingerprint density at radius 1 is 1.14 bits per heavy atom. The summed E-state index contributed by atoms with van der Waals surface area (Å²) in [5, 5.41) is 0. The van der Waals surface area contributed by atoms with E-state index in [1.165, 1.54) is 19.4 Å². The molecular weight excluding hydrogens is 172 g/mol. The van der Waals surface area contributed by atoms with E-state index in [4.69, 9.17) is 0 Å². The summed E-state index contributed by atoms with van der Waals surface area (Å²) in [7, 11) is 0. The minimum absolute atomic E-state index is 0.589. The zero-order chi connectivity index (χ0) is 10.6. The number of hydrogen-bond donors (Lipinski definition) is 0. The molecule has 0 spiro atoms. The third kappa shape index (κ3) is 2.43. The average Bonchev–Trinajstić information content (AvgIpc) is 2.57. The molecule has 2 nitrogen and oxygen atoms in total. The van der Waals surface area contributed by atoms with Crippen molar-refractivity contribution in [3.63, 3.8) is 0 Å². The summed E-state index contributed by atoms with van der Waals surface area (Å²) in [6.07, 6.45) is 7.66. The van der Waals surface area contributed by atoms with E-state index in [0.717, 1.165) is 6.54 Å². The molecule has 0 saturated carbocycles. The van der Waals surface area contributed by atoms with E-state index < -0.39 is 0 Å². The highest BCUT2D eigenvalue weighted by atomic mass is 15.4. The van der Waals surface area contributed by atoms with Crippen LogP contribution >= 0.6 is 0 Å². The fourth-order valence-electron chi connectivity index (χ4n) is 2.14. The number of rotatable bonds is 5. The van der Waals surface area contributed by atoms with Crippen molar-refractivity contribution < 1.29 is 0 Å². The summed E-state index contributed by atoms with van der Waals surface area (Å²) in [6, 6.07) is 0. The van der Waals surface area contributed by atoms with E-state index in [1.54, 1.807) is 0 Å². The van der Waals surface area contributed by atoms with Gasteiger partial charge in [0.05, 0.1) is 0 Å². The van der Waals surface area contributed by atoms with Crippen LogP contribution in [-0.4, -0.2) is 29.1 Å². The minimum atomic E-state index is 0.589. The summed E-state index contributed by atoms with van der Waals surface area (Å²) in [5.74, 6) is 0.696. The summed E-state index contributed by atoms with van der Waals surface area (Å²) in [6.45, 7) is 11.4. The lowest BCUT2D eigenvalue weighted by Gasteiger charge is -2.35. The lowest BCUT2D eigenvalue weighted by atomic mass is 10.1. The van der Waals surface area contributed by atoms with Gasteiger partial charge >= 0.3 is 0 Å². The first-order valence-electron chi connectivity index (χ1n) is 5.90. The van der Waals surface area contributed by atoms with Gasteiger partial charge in [0.25, 0.3) is 0 Å². The predicted octanol–water partition coefficient (Wildman–Crippen LogP) is 2.88. The third-order valence-corrected chi connectivity index (χ3v) is 2.86. The van der Waals surface area contributed by atoms with Gasteiger partial charge in [-0.3, -0.25) is 0 Å². The van der Waals surface area contributed by atoms with Crippen molar-refractivity contribution in [3.8, 4) is 0 Å². The molecule has 1 rings (SSSR count). The number of nitrogens with zero attached hydrogens (tertiary/aromatic N) is 2. The van der Waals surface area contributed by atoms with E-state index >= 15 is 0 Å². The fourth-order valence-corrected chi connectivity index (χ4v) is 2.14. The number of hydrogen-bond acceptors (Lipinski definition) is 2. The molecular formula is C12H24N2. The maximum Gasteiger partial charge on any atom is 0.103 e. The van der Waals surface area contributed by atoms with Gasteiger partial charge in [-0.2, -0.15) is 0 Å². The van der Waals surface area contributed by atoms with Gasteiger partial charge in [-0.1, -0.05) is 27.2 Å². The van der Waals surface area contributed by atoms with Crippen LogP contribution in [0.5, 0.6) is 0 Å². The standard InChI is InChI=1S/C12H24N2/c1-5-7-8-14-10-9-13(6-2)12(14)11(3)4/h9-12H,5-8H2,1-4H3. The van der Waals surface area contributed by atoms with Crippen LogP contribution in [0.25, 0.3) is 0 Å². The first kappa shape index (κ1) is 11.4. The van der Waals surface area contributed by atoms with Gasteiger partial charge < -0.3 is 9.80 Å². The molecule has 0 aromatic rings. The van der Waals surface area contributed by atoms with Gasteiger partial charge in [0.15, 0.2) is 0 Å². The average molecular weight is 196 g/mol. The van der Waals surface area contributed by atoms with Crippen LogP contribution in [0.3, 0.4) is 0 Å². The number of unbranched alkanes of at least 4 members (excludes halogenated alkanes) is 1. The van der Waals surface area contributed by atoms with Crippen LogP contribution in [0.2, 0.25) is 0 Å². The molecule has 0 bridgehead atoms. The first-order chi connectivity index (χ1) is 6.70. The van der Waals surface area contributed by atoms with Gasteiger partial charge in [0.1, 0.15) is 6.17 Å². The van der Waals surface area contributed by atoms with Crippen molar-refractivity contribution in [2.45, 2.75) is 46.7 Å². The Balaban J connectivity index is 2.54. The molecule has 0 radical (unpaired) electrons. The highest BCUT2D eigenvalue weighted by Crippen LogP contribution is 2.22. The molecule has 0 aromatic carbocycles. The van der Waals surface area contributed by atoms with Crippen LogP contribution in [0.15, 0.2) is 12.4 Å². The van der Waals surface area contributed by atoms with Crippen molar-refractivity contribution in [2.24, 2.45) is 5.92 Å². The molecule has 2 heteroatoms. The maximum atomic E-state index is 2.48. The maximum absolute atomic E-state index is 2.48. The predicted molar refractivity (Wildman–Crippen MR) is 61.8 cm³/mol. The lowest BCUT2D eigenvalue weighted by molar-refractivity contribution is 0.110. The zero-order valence-corrected chi connectivity index (χ0v) is 10.0. The Morgan fingerprint density at radius 2 is 1.79 bits per heavy atom. The van der Waals surface area contributed by atoms with Gasteiger partial charge in [0, 0.05) is 25.5 Å². The Hall–Kier alpha value is -0.660. The molecule has 0 aromatic heterocycles. The highest BCUT2D eigenvalue weighted by molar-refractivity contribution is 4.97. The van der Waals surface area contributed by atoms with E-state index in [-0.39, 0.29) is 0 Å². The smallest absolute Gasteiger partial charge is 0.103 e. The second-order valence-corrected chi connectivity index (χ2v) is 4.38. The van der Waals surface area contributed by atoms with E-state index in [1.807, 2.05) is 0 Å².